The molecule has 0 aliphatic rings. The van der Waals surface area contributed by atoms with Crippen molar-refractivity contribution < 1.29 is 9.18 Å². The number of rotatable bonds is 1. The van der Waals surface area contributed by atoms with Crippen LogP contribution in [0.5, 0.6) is 0 Å². The minimum absolute atomic E-state index is 0.244. The second-order valence-electron chi connectivity index (χ2n) is 4.48. The third-order valence-electron chi connectivity index (χ3n) is 3.04. The van der Waals surface area contributed by atoms with Crippen LogP contribution in [-0.2, 0) is 7.05 Å². The zero-order chi connectivity index (χ0) is 15.0. The quantitative estimate of drug-likeness (QED) is 0.645. The van der Waals surface area contributed by atoms with E-state index >= 15 is 0 Å². The molecule has 21 heavy (non-hydrogen) atoms. The molecule has 0 radical (unpaired) electrons. The van der Waals surface area contributed by atoms with E-state index in [0.717, 1.165) is 14.7 Å². The number of hydrogen-bond acceptors (Lipinski definition) is 2. The normalized spacial score (nSPS) is 12.0. The Morgan fingerprint density at radius 2 is 2.10 bits per heavy atom. The maximum absolute atomic E-state index is 13.2. The molecule has 0 saturated carbocycles. The topological polar surface area (TPSA) is 34.4 Å². The van der Waals surface area contributed by atoms with Gasteiger partial charge in [-0.25, -0.2) is 4.39 Å². The van der Waals surface area contributed by atoms with E-state index in [2.05, 4.69) is 20.9 Å². The van der Waals surface area contributed by atoms with Crippen LogP contribution in [0.4, 0.5) is 4.39 Å². The first-order valence-corrected chi connectivity index (χ1v) is 7.75. The van der Waals surface area contributed by atoms with Crippen LogP contribution >= 0.6 is 27.3 Å². The summed E-state index contributed by atoms with van der Waals surface area (Å²) >= 11 is 4.84. The SMILES string of the molecule is Cn1c(=NC(=O)c2cccc(F)c2)sc2cc(Br)ccc21. The van der Waals surface area contributed by atoms with Crippen molar-refractivity contribution in [2.75, 3.05) is 0 Å². The summed E-state index contributed by atoms with van der Waals surface area (Å²) in [5, 5.41) is 0. The zero-order valence-corrected chi connectivity index (χ0v) is 13.4. The summed E-state index contributed by atoms with van der Waals surface area (Å²) < 4.78 is 17.0. The molecule has 3 aromatic rings. The Hall–Kier alpha value is -1.79. The highest BCUT2D eigenvalue weighted by Crippen LogP contribution is 2.21. The summed E-state index contributed by atoms with van der Waals surface area (Å²) in [7, 11) is 1.85. The molecule has 0 fully saturated rings. The van der Waals surface area contributed by atoms with Crippen LogP contribution in [0.3, 0.4) is 0 Å². The third-order valence-corrected chi connectivity index (χ3v) is 4.63. The van der Waals surface area contributed by atoms with Crippen molar-refractivity contribution in [1.82, 2.24) is 4.57 Å². The molecule has 0 N–H and O–H groups in total. The Bertz CT molecular complexity index is 913. The Labute approximate surface area is 132 Å². The van der Waals surface area contributed by atoms with Crippen molar-refractivity contribution in [3.05, 3.63) is 63.1 Å². The van der Waals surface area contributed by atoms with Gasteiger partial charge >= 0.3 is 0 Å². The fourth-order valence-electron chi connectivity index (χ4n) is 1.99. The Morgan fingerprint density at radius 1 is 1.29 bits per heavy atom. The highest BCUT2D eigenvalue weighted by atomic mass is 79.9. The van der Waals surface area contributed by atoms with Crippen molar-refractivity contribution in [2.24, 2.45) is 12.0 Å². The van der Waals surface area contributed by atoms with Gasteiger partial charge in [0, 0.05) is 17.1 Å². The van der Waals surface area contributed by atoms with Gasteiger partial charge in [-0.15, -0.1) is 0 Å². The highest BCUT2D eigenvalue weighted by molar-refractivity contribution is 9.10. The predicted octanol–water partition coefficient (Wildman–Crippen LogP) is 3.88. The average molecular weight is 365 g/mol. The molecule has 2 aromatic carbocycles. The standard InChI is InChI=1S/C15H10BrFN2OS/c1-19-12-6-5-10(16)8-13(12)21-15(19)18-14(20)9-3-2-4-11(17)7-9/h2-8H,1H3. The fourth-order valence-corrected chi connectivity index (χ4v) is 3.56. The van der Waals surface area contributed by atoms with E-state index in [4.69, 9.17) is 0 Å². The highest BCUT2D eigenvalue weighted by Gasteiger charge is 2.08. The summed E-state index contributed by atoms with van der Waals surface area (Å²) in [5.41, 5.74) is 1.24. The Balaban J connectivity index is 2.11. The van der Waals surface area contributed by atoms with E-state index < -0.39 is 11.7 Å². The maximum atomic E-state index is 13.2. The summed E-state index contributed by atoms with van der Waals surface area (Å²) in [6, 6.07) is 11.4. The molecule has 106 valence electrons. The predicted molar refractivity (Wildman–Crippen MR) is 84.8 cm³/mol. The van der Waals surface area contributed by atoms with Gasteiger partial charge in [-0.05, 0) is 36.4 Å². The number of amides is 1. The van der Waals surface area contributed by atoms with E-state index in [0.29, 0.717) is 4.80 Å². The molecular weight excluding hydrogens is 355 g/mol. The number of benzene rings is 2. The average Bonchev–Trinajstić information content (AvgIpc) is 2.74. The lowest BCUT2D eigenvalue weighted by molar-refractivity contribution is 0.0997. The lowest BCUT2D eigenvalue weighted by Crippen LogP contribution is -2.13. The third kappa shape index (κ3) is 2.82. The Kier molecular flexibility index (Phi) is 3.73. The van der Waals surface area contributed by atoms with E-state index in [-0.39, 0.29) is 5.56 Å². The van der Waals surface area contributed by atoms with E-state index in [1.165, 1.54) is 29.5 Å². The van der Waals surface area contributed by atoms with Crippen molar-refractivity contribution in [2.45, 2.75) is 0 Å². The molecule has 0 spiro atoms. The van der Waals surface area contributed by atoms with Crippen molar-refractivity contribution >= 4 is 43.4 Å². The molecule has 3 rings (SSSR count). The van der Waals surface area contributed by atoms with Crippen LogP contribution in [0.15, 0.2) is 51.9 Å². The summed E-state index contributed by atoms with van der Waals surface area (Å²) in [5.74, 6) is -0.892. The van der Waals surface area contributed by atoms with Gasteiger partial charge in [-0.2, -0.15) is 4.99 Å². The number of aromatic nitrogens is 1. The van der Waals surface area contributed by atoms with Crippen molar-refractivity contribution in [1.29, 1.82) is 0 Å². The second-order valence-corrected chi connectivity index (χ2v) is 6.41. The van der Waals surface area contributed by atoms with Crippen LogP contribution in [0.2, 0.25) is 0 Å². The number of fused-ring (bicyclic) bond motifs is 1. The number of carbonyl (C=O) groups is 1. The second kappa shape index (κ2) is 5.54. The summed E-state index contributed by atoms with van der Waals surface area (Å²) in [4.78, 5) is 16.8. The first-order chi connectivity index (χ1) is 10.0. The Morgan fingerprint density at radius 3 is 2.86 bits per heavy atom. The maximum Gasteiger partial charge on any atom is 0.279 e. The minimum Gasteiger partial charge on any atom is -0.319 e. The minimum atomic E-state index is -0.448. The fraction of sp³-hybridized carbons (Fsp3) is 0.0667. The molecule has 1 heterocycles. The summed E-state index contributed by atoms with van der Waals surface area (Å²) in [6.07, 6.45) is 0. The first kappa shape index (κ1) is 14.2. The zero-order valence-electron chi connectivity index (χ0n) is 11.0. The number of thiazole rings is 1. The van der Waals surface area contributed by atoms with Crippen molar-refractivity contribution in [3.63, 3.8) is 0 Å². The molecular formula is C15H10BrFN2OS. The van der Waals surface area contributed by atoms with E-state index in [9.17, 15) is 9.18 Å². The molecule has 0 bridgehead atoms. The summed E-state index contributed by atoms with van der Waals surface area (Å²) in [6.45, 7) is 0. The van der Waals surface area contributed by atoms with Gasteiger partial charge in [-0.1, -0.05) is 33.3 Å². The van der Waals surface area contributed by atoms with Crippen LogP contribution in [-0.4, -0.2) is 10.5 Å². The monoisotopic (exact) mass is 364 g/mol. The number of aryl methyl sites for hydroxylation is 1. The van der Waals surface area contributed by atoms with E-state index in [1.54, 1.807) is 6.07 Å². The molecule has 0 saturated heterocycles. The number of carbonyl (C=O) groups excluding carboxylic acids is 1. The van der Waals surface area contributed by atoms with Gasteiger partial charge in [0.25, 0.3) is 5.91 Å². The number of hydrogen-bond donors (Lipinski definition) is 0. The van der Waals surface area contributed by atoms with Crippen LogP contribution in [0.1, 0.15) is 10.4 Å². The lowest BCUT2D eigenvalue weighted by atomic mass is 10.2. The van der Waals surface area contributed by atoms with Gasteiger partial charge in [0.05, 0.1) is 10.2 Å². The molecule has 1 aromatic heterocycles. The van der Waals surface area contributed by atoms with Crippen LogP contribution in [0, 0.1) is 5.82 Å². The van der Waals surface area contributed by atoms with Gasteiger partial charge in [0.2, 0.25) is 0 Å². The van der Waals surface area contributed by atoms with Crippen LogP contribution in [0.25, 0.3) is 10.2 Å². The van der Waals surface area contributed by atoms with Gasteiger partial charge in [0.15, 0.2) is 4.80 Å². The van der Waals surface area contributed by atoms with E-state index in [1.807, 2.05) is 29.8 Å². The molecule has 1 amide bonds. The van der Waals surface area contributed by atoms with Gasteiger partial charge in [-0.3, -0.25) is 4.79 Å². The van der Waals surface area contributed by atoms with Gasteiger partial charge < -0.3 is 4.57 Å². The van der Waals surface area contributed by atoms with Gasteiger partial charge in [0.1, 0.15) is 5.82 Å². The molecule has 0 aliphatic carbocycles. The lowest BCUT2D eigenvalue weighted by Gasteiger charge is -1.96. The molecule has 0 aliphatic heterocycles. The largest absolute Gasteiger partial charge is 0.319 e. The molecule has 6 heteroatoms. The smallest absolute Gasteiger partial charge is 0.279 e. The number of halogens is 2. The molecule has 3 nitrogen and oxygen atoms in total. The molecule has 0 atom stereocenters. The first-order valence-electron chi connectivity index (χ1n) is 6.14. The van der Waals surface area contributed by atoms with Crippen molar-refractivity contribution in [3.8, 4) is 0 Å². The number of nitrogens with zero attached hydrogens (tertiary/aromatic N) is 2. The molecule has 0 unspecified atom stereocenters. The van der Waals surface area contributed by atoms with Crippen LogP contribution < -0.4 is 4.80 Å².